The van der Waals surface area contributed by atoms with Crippen LogP contribution in [0, 0.1) is 5.82 Å². The lowest BCUT2D eigenvalue weighted by Crippen LogP contribution is -2.48. The zero-order chi connectivity index (χ0) is 16.5. The Balaban J connectivity index is 1.66. The molecule has 0 radical (unpaired) electrons. The second kappa shape index (κ2) is 4.19. The summed E-state index contributed by atoms with van der Waals surface area (Å²) in [6, 6.07) is 12.5. The van der Waals surface area contributed by atoms with E-state index >= 15 is 0 Å². The number of rotatable bonds is 1. The van der Waals surface area contributed by atoms with Crippen molar-refractivity contribution >= 4 is 17.3 Å². The first-order valence-electron chi connectivity index (χ1n) is 7.58. The van der Waals surface area contributed by atoms with Crippen LogP contribution in [0.25, 0.3) is 5.76 Å². The molecule has 0 aromatic heterocycles. The smallest absolute Gasteiger partial charge is 0.206 e. The predicted octanol–water partition coefficient (Wildman–Crippen LogP) is 2.78. The third-order valence-electron chi connectivity index (χ3n) is 4.91. The molecule has 2 aliphatic heterocycles. The third kappa shape index (κ3) is 1.45. The van der Waals surface area contributed by atoms with Gasteiger partial charge in [0, 0.05) is 22.8 Å². The summed E-state index contributed by atoms with van der Waals surface area (Å²) in [6.07, 6.45) is 1.56. The van der Waals surface area contributed by atoms with Crippen molar-refractivity contribution in [1.82, 2.24) is 0 Å². The van der Waals surface area contributed by atoms with E-state index in [2.05, 4.69) is 0 Å². The molecule has 0 spiro atoms. The van der Waals surface area contributed by atoms with E-state index in [0.29, 0.717) is 22.4 Å². The summed E-state index contributed by atoms with van der Waals surface area (Å²) in [5.74, 6) is -0.403. The second-order valence-corrected chi connectivity index (χ2v) is 6.17. The Labute approximate surface area is 136 Å². The van der Waals surface area contributed by atoms with Gasteiger partial charge in [-0.3, -0.25) is 9.59 Å². The zero-order valence-corrected chi connectivity index (χ0v) is 12.4. The maximum atomic E-state index is 13.1. The monoisotopic (exact) mass is 322 g/mol. The van der Waals surface area contributed by atoms with Crippen molar-refractivity contribution in [3.8, 4) is 0 Å². The molecule has 0 unspecified atom stereocenters. The number of ether oxygens (including phenoxy) is 2. The third-order valence-corrected chi connectivity index (χ3v) is 4.91. The van der Waals surface area contributed by atoms with Gasteiger partial charge in [-0.1, -0.05) is 24.3 Å². The maximum absolute atomic E-state index is 13.1. The standard InChI is InChI=1S/C19H11FO4/c20-12-7-5-11(6-8-12)15-9-18-16(21)13-3-1-2-4-14(13)17(22)19(18,24-18)10-23-15/h1-9H,10H2/t18-,19+/m0/s1. The average molecular weight is 322 g/mol. The molecule has 0 N–H and O–H groups in total. The minimum atomic E-state index is -1.31. The van der Waals surface area contributed by atoms with Gasteiger partial charge in [0.25, 0.3) is 0 Å². The SMILES string of the molecule is O=C1c2ccccc2C(=O)[C@]23COC(c4ccc(F)cc4)=C[C@]12O3. The Hall–Kier alpha value is -2.79. The lowest BCUT2D eigenvalue weighted by atomic mass is 9.73. The molecule has 2 aromatic carbocycles. The van der Waals surface area contributed by atoms with Crippen molar-refractivity contribution in [2.24, 2.45) is 0 Å². The highest BCUT2D eigenvalue weighted by Crippen LogP contribution is 2.59. The molecule has 5 heteroatoms. The van der Waals surface area contributed by atoms with Crippen molar-refractivity contribution in [2.45, 2.75) is 11.2 Å². The zero-order valence-electron chi connectivity index (χ0n) is 12.4. The molecule has 0 saturated carbocycles. The molecule has 2 atom stereocenters. The summed E-state index contributed by atoms with van der Waals surface area (Å²) in [5.41, 5.74) is -1.19. The van der Waals surface area contributed by atoms with Crippen LogP contribution in [0.1, 0.15) is 26.3 Å². The van der Waals surface area contributed by atoms with Crippen LogP contribution in [0.3, 0.4) is 0 Å². The van der Waals surface area contributed by atoms with E-state index in [9.17, 15) is 14.0 Å². The molecule has 1 fully saturated rings. The minimum absolute atomic E-state index is 0.0326. The Kier molecular flexibility index (Phi) is 2.38. The van der Waals surface area contributed by atoms with Gasteiger partial charge >= 0.3 is 0 Å². The fraction of sp³-hybridized carbons (Fsp3) is 0.158. The van der Waals surface area contributed by atoms with Gasteiger partial charge in [-0.15, -0.1) is 0 Å². The number of ketones is 2. The highest BCUT2D eigenvalue weighted by atomic mass is 19.1. The Morgan fingerprint density at radius 2 is 1.58 bits per heavy atom. The fourth-order valence-electron chi connectivity index (χ4n) is 3.59. The number of epoxide rings is 1. The van der Waals surface area contributed by atoms with E-state index in [1.54, 1.807) is 42.5 Å². The molecule has 5 rings (SSSR count). The van der Waals surface area contributed by atoms with Gasteiger partial charge in [0.05, 0.1) is 0 Å². The van der Waals surface area contributed by atoms with Crippen molar-refractivity contribution in [2.75, 3.05) is 6.61 Å². The fourth-order valence-corrected chi connectivity index (χ4v) is 3.59. The number of fused-ring (bicyclic) bond motifs is 1. The van der Waals surface area contributed by atoms with Gasteiger partial charge in [-0.2, -0.15) is 0 Å². The summed E-state index contributed by atoms with van der Waals surface area (Å²) >= 11 is 0. The van der Waals surface area contributed by atoms with Crippen LogP contribution in [0.15, 0.2) is 54.6 Å². The first-order valence-corrected chi connectivity index (χ1v) is 7.58. The topological polar surface area (TPSA) is 55.9 Å². The van der Waals surface area contributed by atoms with Crippen molar-refractivity contribution in [1.29, 1.82) is 0 Å². The number of Topliss-reactive ketones (excluding diaryl/α,β-unsaturated/α-hetero) is 2. The maximum Gasteiger partial charge on any atom is 0.206 e. The van der Waals surface area contributed by atoms with Gasteiger partial charge in [-0.05, 0) is 24.3 Å². The average Bonchev–Trinajstić information content (AvgIpc) is 3.32. The molecule has 3 aliphatic rings. The minimum Gasteiger partial charge on any atom is -0.489 e. The summed E-state index contributed by atoms with van der Waals surface area (Å²) in [7, 11) is 0. The molecule has 24 heavy (non-hydrogen) atoms. The molecule has 4 nitrogen and oxygen atoms in total. The molecule has 1 saturated heterocycles. The van der Waals surface area contributed by atoms with E-state index in [0.717, 1.165) is 0 Å². The van der Waals surface area contributed by atoms with E-state index in [1.807, 2.05) is 0 Å². The number of carbonyl (C=O) groups is 2. The van der Waals surface area contributed by atoms with Crippen LogP contribution < -0.4 is 0 Å². The van der Waals surface area contributed by atoms with Crippen molar-refractivity contribution in [3.05, 3.63) is 77.1 Å². The molecule has 0 amide bonds. The summed E-state index contributed by atoms with van der Waals surface area (Å²) in [6.45, 7) is -0.0326. The number of benzene rings is 2. The molecule has 1 aliphatic carbocycles. The number of carbonyl (C=O) groups excluding carboxylic acids is 2. The Bertz CT molecular complexity index is 946. The quantitative estimate of drug-likeness (QED) is 0.758. The number of hydrogen-bond acceptors (Lipinski definition) is 4. The van der Waals surface area contributed by atoms with Crippen LogP contribution in [0.5, 0.6) is 0 Å². The van der Waals surface area contributed by atoms with E-state index in [4.69, 9.17) is 9.47 Å². The predicted molar refractivity (Wildman–Crippen MR) is 82.0 cm³/mol. The highest BCUT2D eigenvalue weighted by molar-refractivity contribution is 6.26. The van der Waals surface area contributed by atoms with Gasteiger partial charge in [0.1, 0.15) is 18.2 Å². The Morgan fingerprint density at radius 1 is 0.917 bits per heavy atom. The Morgan fingerprint density at radius 3 is 2.29 bits per heavy atom. The summed E-state index contributed by atoms with van der Waals surface area (Å²) in [4.78, 5) is 25.8. The van der Waals surface area contributed by atoms with Crippen molar-refractivity contribution < 1.29 is 23.5 Å². The van der Waals surface area contributed by atoms with Gasteiger partial charge < -0.3 is 9.47 Å². The molecule has 118 valence electrons. The van der Waals surface area contributed by atoms with Crippen LogP contribution in [-0.2, 0) is 9.47 Å². The lowest BCUT2D eigenvalue weighted by Gasteiger charge is -2.28. The molecular formula is C19H11FO4. The van der Waals surface area contributed by atoms with Gasteiger partial charge in [0.15, 0.2) is 5.60 Å². The summed E-state index contributed by atoms with van der Waals surface area (Å²) < 4.78 is 24.5. The first-order chi connectivity index (χ1) is 11.6. The molecule has 2 aromatic rings. The normalized spacial score (nSPS) is 29.8. The van der Waals surface area contributed by atoms with Gasteiger partial charge in [-0.25, -0.2) is 4.39 Å². The van der Waals surface area contributed by atoms with Gasteiger partial charge in [0.2, 0.25) is 17.2 Å². The number of halogens is 1. The van der Waals surface area contributed by atoms with Crippen LogP contribution in [0.4, 0.5) is 4.39 Å². The van der Waals surface area contributed by atoms with Crippen molar-refractivity contribution in [3.63, 3.8) is 0 Å². The molecule has 2 heterocycles. The van der Waals surface area contributed by atoms with Crippen LogP contribution in [0.2, 0.25) is 0 Å². The lowest BCUT2D eigenvalue weighted by molar-refractivity contribution is 0.0764. The largest absolute Gasteiger partial charge is 0.489 e. The summed E-state index contributed by atoms with van der Waals surface area (Å²) in [5, 5.41) is 0. The van der Waals surface area contributed by atoms with E-state index in [-0.39, 0.29) is 24.0 Å². The van der Waals surface area contributed by atoms with E-state index < -0.39 is 11.2 Å². The molecular weight excluding hydrogens is 311 g/mol. The molecule has 0 bridgehead atoms. The highest BCUT2D eigenvalue weighted by Gasteiger charge is 2.81. The van der Waals surface area contributed by atoms with Crippen LogP contribution >= 0.6 is 0 Å². The van der Waals surface area contributed by atoms with Crippen LogP contribution in [-0.4, -0.2) is 29.4 Å². The van der Waals surface area contributed by atoms with E-state index in [1.165, 1.54) is 12.1 Å². The second-order valence-electron chi connectivity index (χ2n) is 6.17. The first kappa shape index (κ1) is 13.6. The number of hydrogen-bond donors (Lipinski definition) is 0.